The Morgan fingerprint density at radius 3 is 2.78 bits per heavy atom. The van der Waals surface area contributed by atoms with E-state index in [-0.39, 0.29) is 18.4 Å². The Morgan fingerprint density at radius 1 is 1.19 bits per heavy atom. The fraction of sp³-hybridized carbons (Fsp3) is 0.381. The molecule has 4 rings (SSSR count). The minimum Gasteiger partial charge on any atom is -0.368 e. The second-order valence-corrected chi connectivity index (χ2v) is 7.49. The third-order valence-corrected chi connectivity index (χ3v) is 5.21. The van der Waals surface area contributed by atoms with Gasteiger partial charge in [-0.1, -0.05) is 24.3 Å². The van der Waals surface area contributed by atoms with E-state index in [1.807, 2.05) is 6.07 Å². The first kappa shape index (κ1) is 21.9. The van der Waals surface area contributed by atoms with Gasteiger partial charge in [-0.2, -0.15) is 13.2 Å². The minimum atomic E-state index is -4.37. The predicted molar refractivity (Wildman–Crippen MR) is 106 cm³/mol. The summed E-state index contributed by atoms with van der Waals surface area (Å²) in [7, 11) is 0. The maximum atomic E-state index is 12.9. The number of nitrogens with zero attached hydrogens (tertiary/aromatic N) is 6. The molecule has 1 aliphatic rings. The van der Waals surface area contributed by atoms with Crippen molar-refractivity contribution in [2.24, 2.45) is 0 Å². The van der Waals surface area contributed by atoms with Gasteiger partial charge < -0.3 is 9.64 Å². The molecule has 0 unspecified atom stereocenters. The Balaban J connectivity index is 1.35. The molecule has 11 heteroatoms. The molecule has 2 aromatic heterocycles. The summed E-state index contributed by atoms with van der Waals surface area (Å²) >= 11 is 0. The number of benzene rings is 1. The van der Waals surface area contributed by atoms with Crippen LogP contribution >= 0.6 is 0 Å². The lowest BCUT2D eigenvalue weighted by molar-refractivity contribution is -0.139. The summed E-state index contributed by atoms with van der Waals surface area (Å²) in [5.41, 5.74) is 1.36. The number of pyridine rings is 1. The van der Waals surface area contributed by atoms with E-state index in [1.54, 1.807) is 23.2 Å². The lowest BCUT2D eigenvalue weighted by atomic mass is 10.0. The first-order valence-corrected chi connectivity index (χ1v) is 10.1. The first-order valence-electron chi connectivity index (χ1n) is 10.1. The van der Waals surface area contributed by atoms with Crippen LogP contribution in [-0.2, 0) is 28.7 Å². The fourth-order valence-corrected chi connectivity index (χ4v) is 3.53. The summed E-state index contributed by atoms with van der Waals surface area (Å²) in [5, 5.41) is 10.8. The molecule has 3 aromatic rings. The van der Waals surface area contributed by atoms with Gasteiger partial charge in [0.05, 0.1) is 31.0 Å². The molecule has 1 fully saturated rings. The van der Waals surface area contributed by atoms with E-state index in [4.69, 9.17) is 4.74 Å². The van der Waals surface area contributed by atoms with Gasteiger partial charge in [-0.15, -0.1) is 5.10 Å². The lowest BCUT2D eigenvalue weighted by Gasteiger charge is -2.32. The number of tetrazole rings is 1. The normalized spacial score (nSPS) is 16.8. The quantitative estimate of drug-likeness (QED) is 0.579. The van der Waals surface area contributed by atoms with E-state index in [9.17, 15) is 18.0 Å². The maximum absolute atomic E-state index is 12.9. The van der Waals surface area contributed by atoms with Crippen LogP contribution in [0.5, 0.6) is 0 Å². The van der Waals surface area contributed by atoms with Crippen molar-refractivity contribution in [2.75, 3.05) is 19.7 Å². The molecule has 8 nitrogen and oxygen atoms in total. The fourth-order valence-electron chi connectivity index (χ4n) is 3.53. The second-order valence-electron chi connectivity index (χ2n) is 7.49. The SMILES string of the molecule is O=C(CCn1cnnn1)N1CCO[C@H](c2ccc(Cc3cccc(C(F)(F)F)c3)cn2)C1. The van der Waals surface area contributed by atoms with Crippen molar-refractivity contribution in [1.29, 1.82) is 0 Å². The van der Waals surface area contributed by atoms with Crippen LogP contribution in [-0.4, -0.2) is 55.7 Å². The maximum Gasteiger partial charge on any atom is 0.416 e. The zero-order valence-corrected chi connectivity index (χ0v) is 17.1. The van der Waals surface area contributed by atoms with Gasteiger partial charge in [-0.05, 0) is 40.1 Å². The highest BCUT2D eigenvalue weighted by atomic mass is 19.4. The first-order chi connectivity index (χ1) is 15.4. The number of hydrogen-bond acceptors (Lipinski definition) is 6. The monoisotopic (exact) mass is 446 g/mol. The number of aryl methyl sites for hydroxylation is 1. The van der Waals surface area contributed by atoms with E-state index in [0.717, 1.165) is 17.7 Å². The molecule has 3 heterocycles. The van der Waals surface area contributed by atoms with E-state index >= 15 is 0 Å². The molecule has 0 N–H and O–H groups in total. The number of rotatable bonds is 6. The van der Waals surface area contributed by atoms with E-state index in [0.29, 0.717) is 43.9 Å². The van der Waals surface area contributed by atoms with Gasteiger partial charge in [0.25, 0.3) is 0 Å². The predicted octanol–water partition coefficient (Wildman–Crippen LogP) is 2.67. The zero-order chi connectivity index (χ0) is 22.6. The van der Waals surface area contributed by atoms with Crippen LogP contribution in [0.1, 0.15) is 34.9 Å². The van der Waals surface area contributed by atoms with Gasteiger partial charge in [0, 0.05) is 19.2 Å². The zero-order valence-electron chi connectivity index (χ0n) is 17.1. The van der Waals surface area contributed by atoms with Crippen molar-refractivity contribution < 1.29 is 22.7 Å². The molecule has 168 valence electrons. The highest BCUT2D eigenvalue weighted by Crippen LogP contribution is 2.30. The lowest BCUT2D eigenvalue weighted by Crippen LogP contribution is -2.42. The summed E-state index contributed by atoms with van der Waals surface area (Å²) in [6, 6.07) is 8.89. The average molecular weight is 446 g/mol. The van der Waals surface area contributed by atoms with Gasteiger partial charge >= 0.3 is 6.18 Å². The number of carbonyl (C=O) groups excluding carboxylic acids is 1. The van der Waals surface area contributed by atoms with Gasteiger partial charge in [-0.3, -0.25) is 9.78 Å². The van der Waals surface area contributed by atoms with Gasteiger partial charge in [0.1, 0.15) is 12.4 Å². The molecule has 0 aliphatic carbocycles. The third kappa shape index (κ3) is 5.47. The standard InChI is InChI=1S/C21H21F3N6O2/c22-21(23,24)17-3-1-2-15(11-17)10-16-4-5-18(25-12-16)19-13-29(8-9-32-19)20(31)6-7-30-14-26-27-28-30/h1-5,11-12,14,19H,6-10,13H2/t19-/m0/s1. The Labute approximate surface area is 182 Å². The molecule has 1 amide bonds. The number of carbonyl (C=O) groups is 1. The summed E-state index contributed by atoms with van der Waals surface area (Å²) in [6.07, 6.45) is -1.02. The van der Waals surface area contributed by atoms with Gasteiger partial charge in [-0.25, -0.2) is 4.68 Å². The molecule has 1 atom stereocenters. The smallest absolute Gasteiger partial charge is 0.368 e. The summed E-state index contributed by atoms with van der Waals surface area (Å²) in [5.74, 6) is -0.0185. The van der Waals surface area contributed by atoms with Crippen molar-refractivity contribution in [2.45, 2.75) is 31.7 Å². The number of morpholine rings is 1. The summed E-state index contributed by atoms with van der Waals surface area (Å²) < 4.78 is 46.0. The highest BCUT2D eigenvalue weighted by Gasteiger charge is 2.30. The number of halogens is 3. The van der Waals surface area contributed by atoms with Crippen LogP contribution in [0, 0.1) is 0 Å². The highest BCUT2D eigenvalue weighted by molar-refractivity contribution is 5.76. The van der Waals surface area contributed by atoms with Crippen LogP contribution in [0.25, 0.3) is 0 Å². The van der Waals surface area contributed by atoms with Gasteiger partial charge in [0.15, 0.2) is 0 Å². The molecule has 32 heavy (non-hydrogen) atoms. The molecule has 0 bridgehead atoms. The molecule has 0 saturated carbocycles. The topological polar surface area (TPSA) is 86.0 Å². The van der Waals surface area contributed by atoms with Crippen molar-refractivity contribution in [3.8, 4) is 0 Å². The number of aromatic nitrogens is 5. The van der Waals surface area contributed by atoms with Crippen LogP contribution in [0.2, 0.25) is 0 Å². The van der Waals surface area contributed by atoms with Crippen LogP contribution < -0.4 is 0 Å². The Hall–Kier alpha value is -3.34. The Kier molecular flexibility index (Phi) is 6.45. The average Bonchev–Trinajstić information content (AvgIpc) is 3.31. The van der Waals surface area contributed by atoms with E-state index in [2.05, 4.69) is 20.5 Å². The molecule has 0 radical (unpaired) electrons. The molecule has 1 aliphatic heterocycles. The Bertz CT molecular complexity index is 1040. The van der Waals surface area contributed by atoms with Crippen molar-refractivity contribution in [3.63, 3.8) is 0 Å². The molecule has 0 spiro atoms. The molecule has 1 saturated heterocycles. The van der Waals surface area contributed by atoms with Crippen LogP contribution in [0.3, 0.4) is 0 Å². The van der Waals surface area contributed by atoms with E-state index < -0.39 is 11.7 Å². The number of ether oxygens (including phenoxy) is 1. The molecular weight excluding hydrogens is 425 g/mol. The van der Waals surface area contributed by atoms with Gasteiger partial charge in [0.2, 0.25) is 5.91 Å². The number of hydrogen-bond donors (Lipinski definition) is 0. The molecular formula is C21H21F3N6O2. The van der Waals surface area contributed by atoms with Crippen LogP contribution in [0.15, 0.2) is 48.9 Å². The van der Waals surface area contributed by atoms with Crippen molar-refractivity contribution >= 4 is 5.91 Å². The summed E-state index contributed by atoms with van der Waals surface area (Å²) in [6.45, 7) is 1.68. The number of alkyl halides is 3. The third-order valence-electron chi connectivity index (χ3n) is 5.21. The van der Waals surface area contributed by atoms with E-state index in [1.165, 1.54) is 17.1 Å². The Morgan fingerprint density at radius 2 is 2.06 bits per heavy atom. The largest absolute Gasteiger partial charge is 0.416 e. The minimum absolute atomic E-state index is 0.0185. The second kappa shape index (κ2) is 9.43. The van der Waals surface area contributed by atoms with Crippen LogP contribution in [0.4, 0.5) is 13.2 Å². The number of amides is 1. The summed E-state index contributed by atoms with van der Waals surface area (Å²) in [4.78, 5) is 18.7. The van der Waals surface area contributed by atoms with Crippen molar-refractivity contribution in [1.82, 2.24) is 30.1 Å². The molecule has 1 aromatic carbocycles. The van der Waals surface area contributed by atoms with Crippen molar-refractivity contribution in [3.05, 3.63) is 71.3 Å².